The van der Waals surface area contributed by atoms with Gasteiger partial charge in [0.1, 0.15) is 0 Å². The van der Waals surface area contributed by atoms with Gasteiger partial charge in [-0.05, 0) is 30.7 Å². The van der Waals surface area contributed by atoms with Crippen molar-refractivity contribution < 1.29 is 4.74 Å². The summed E-state index contributed by atoms with van der Waals surface area (Å²) in [4.78, 5) is 2.36. The number of ether oxygens (including phenoxy) is 1. The van der Waals surface area contributed by atoms with E-state index in [-0.39, 0.29) is 5.41 Å². The van der Waals surface area contributed by atoms with Crippen LogP contribution in [0.25, 0.3) is 0 Å². The number of hydrogen-bond acceptors (Lipinski definition) is 3. The van der Waals surface area contributed by atoms with Gasteiger partial charge in [0.15, 0.2) is 0 Å². The van der Waals surface area contributed by atoms with Crippen LogP contribution >= 0.6 is 0 Å². The second-order valence-electron chi connectivity index (χ2n) is 6.28. The zero-order valence-electron chi connectivity index (χ0n) is 11.8. The zero-order valence-corrected chi connectivity index (χ0v) is 11.8. The summed E-state index contributed by atoms with van der Waals surface area (Å²) < 4.78 is 5.85. The second-order valence-corrected chi connectivity index (χ2v) is 6.28. The number of anilines is 1. The molecule has 1 aliphatic heterocycles. The maximum atomic E-state index is 8.86. The van der Waals surface area contributed by atoms with Gasteiger partial charge in [0.05, 0.1) is 17.7 Å². The van der Waals surface area contributed by atoms with Crippen LogP contribution in [0, 0.1) is 22.7 Å². The highest BCUT2D eigenvalue weighted by Gasteiger charge is 2.60. The van der Waals surface area contributed by atoms with Crippen molar-refractivity contribution in [3.63, 3.8) is 0 Å². The van der Waals surface area contributed by atoms with E-state index < -0.39 is 0 Å². The van der Waals surface area contributed by atoms with E-state index in [2.05, 4.69) is 31.9 Å². The highest BCUT2D eigenvalue weighted by atomic mass is 16.5. The first kappa shape index (κ1) is 12.5. The molecule has 1 saturated heterocycles. The second kappa shape index (κ2) is 4.25. The van der Waals surface area contributed by atoms with Gasteiger partial charge in [0.25, 0.3) is 0 Å². The minimum atomic E-state index is 0.198. The fourth-order valence-corrected chi connectivity index (χ4v) is 4.02. The van der Waals surface area contributed by atoms with Crippen LogP contribution in [0.2, 0.25) is 0 Å². The molecule has 3 nitrogen and oxygen atoms in total. The van der Waals surface area contributed by atoms with Gasteiger partial charge >= 0.3 is 0 Å². The Labute approximate surface area is 114 Å². The molecule has 1 saturated carbocycles. The van der Waals surface area contributed by atoms with Crippen molar-refractivity contribution in [1.29, 1.82) is 5.26 Å². The molecule has 3 rings (SSSR count). The molecule has 0 radical (unpaired) electrons. The van der Waals surface area contributed by atoms with Gasteiger partial charge in [-0.2, -0.15) is 5.26 Å². The van der Waals surface area contributed by atoms with Crippen LogP contribution < -0.4 is 4.90 Å². The van der Waals surface area contributed by atoms with Gasteiger partial charge < -0.3 is 9.64 Å². The van der Waals surface area contributed by atoms with Crippen molar-refractivity contribution in [2.24, 2.45) is 11.3 Å². The Balaban J connectivity index is 1.83. The monoisotopic (exact) mass is 256 g/mol. The van der Waals surface area contributed by atoms with E-state index in [0.717, 1.165) is 6.61 Å². The lowest BCUT2D eigenvalue weighted by molar-refractivity contribution is -0.101. The van der Waals surface area contributed by atoms with Crippen LogP contribution in [0.5, 0.6) is 0 Å². The lowest BCUT2D eigenvalue weighted by Gasteiger charge is -2.58. The van der Waals surface area contributed by atoms with Crippen LogP contribution in [-0.4, -0.2) is 25.8 Å². The SMILES string of the molecule is CN(c1ccc(C#N)cc1)C1C2CCOC2C1(C)C. The third-order valence-electron chi connectivity index (χ3n) is 4.86. The van der Waals surface area contributed by atoms with E-state index in [1.807, 2.05) is 24.3 Å². The lowest BCUT2D eigenvalue weighted by atomic mass is 9.56. The fraction of sp³-hybridized carbons (Fsp3) is 0.562. The molecule has 0 amide bonds. The summed E-state index contributed by atoms with van der Waals surface area (Å²) >= 11 is 0. The predicted molar refractivity (Wildman–Crippen MR) is 75.0 cm³/mol. The first-order valence-corrected chi connectivity index (χ1v) is 6.90. The van der Waals surface area contributed by atoms with E-state index >= 15 is 0 Å². The molecular weight excluding hydrogens is 236 g/mol. The number of nitrogens with zero attached hydrogens (tertiary/aromatic N) is 2. The Bertz CT molecular complexity index is 515. The Morgan fingerprint density at radius 2 is 2.00 bits per heavy atom. The van der Waals surface area contributed by atoms with Crippen LogP contribution in [0.15, 0.2) is 24.3 Å². The van der Waals surface area contributed by atoms with Gasteiger partial charge in [-0.3, -0.25) is 0 Å². The average molecular weight is 256 g/mol. The van der Waals surface area contributed by atoms with Crippen molar-refractivity contribution in [1.82, 2.24) is 0 Å². The molecule has 3 heteroatoms. The molecule has 1 aliphatic carbocycles. The van der Waals surface area contributed by atoms with E-state index in [1.165, 1.54) is 12.1 Å². The molecule has 1 aromatic rings. The zero-order chi connectivity index (χ0) is 13.6. The number of benzene rings is 1. The molecular formula is C16H20N2O. The summed E-state index contributed by atoms with van der Waals surface area (Å²) in [5.41, 5.74) is 2.10. The largest absolute Gasteiger partial charge is 0.377 e. The molecule has 2 aliphatic rings. The average Bonchev–Trinajstić information content (AvgIpc) is 2.85. The molecule has 1 heterocycles. The normalized spacial score (nSPS) is 31.2. The molecule has 100 valence electrons. The quantitative estimate of drug-likeness (QED) is 0.816. The van der Waals surface area contributed by atoms with Crippen molar-refractivity contribution >= 4 is 5.69 Å². The smallest absolute Gasteiger partial charge is 0.0991 e. The number of nitriles is 1. The van der Waals surface area contributed by atoms with Crippen molar-refractivity contribution in [3.05, 3.63) is 29.8 Å². The van der Waals surface area contributed by atoms with Gasteiger partial charge in [-0.15, -0.1) is 0 Å². The molecule has 0 spiro atoms. The molecule has 0 N–H and O–H groups in total. The van der Waals surface area contributed by atoms with Crippen LogP contribution in [0.4, 0.5) is 5.69 Å². The number of rotatable bonds is 2. The van der Waals surface area contributed by atoms with Gasteiger partial charge in [0, 0.05) is 36.7 Å². The summed E-state index contributed by atoms with van der Waals surface area (Å²) in [5.74, 6) is 0.649. The van der Waals surface area contributed by atoms with Crippen molar-refractivity contribution in [3.8, 4) is 6.07 Å². The molecule has 3 atom stereocenters. The third kappa shape index (κ3) is 1.74. The van der Waals surface area contributed by atoms with Crippen LogP contribution in [0.1, 0.15) is 25.8 Å². The van der Waals surface area contributed by atoms with Gasteiger partial charge in [0.2, 0.25) is 0 Å². The molecule has 3 unspecified atom stereocenters. The Morgan fingerprint density at radius 1 is 1.32 bits per heavy atom. The summed E-state index contributed by atoms with van der Waals surface area (Å²) in [5, 5.41) is 8.86. The van der Waals surface area contributed by atoms with Crippen molar-refractivity contribution in [2.75, 3.05) is 18.6 Å². The van der Waals surface area contributed by atoms with Crippen molar-refractivity contribution in [2.45, 2.75) is 32.4 Å². The molecule has 1 aromatic carbocycles. The Morgan fingerprint density at radius 3 is 2.63 bits per heavy atom. The lowest BCUT2D eigenvalue weighted by Crippen LogP contribution is -2.66. The predicted octanol–water partition coefficient (Wildman–Crippen LogP) is 2.81. The fourth-order valence-electron chi connectivity index (χ4n) is 4.02. The highest BCUT2D eigenvalue weighted by Crippen LogP contribution is 2.54. The van der Waals surface area contributed by atoms with E-state index in [9.17, 15) is 0 Å². The molecule has 19 heavy (non-hydrogen) atoms. The summed E-state index contributed by atoms with van der Waals surface area (Å²) in [6.45, 7) is 5.49. The van der Waals surface area contributed by atoms with Gasteiger partial charge in [-0.1, -0.05) is 13.8 Å². The molecule has 0 bridgehead atoms. The summed E-state index contributed by atoms with van der Waals surface area (Å²) in [6, 6.07) is 10.5. The Kier molecular flexibility index (Phi) is 2.79. The maximum Gasteiger partial charge on any atom is 0.0991 e. The summed E-state index contributed by atoms with van der Waals surface area (Å²) in [7, 11) is 2.16. The van der Waals surface area contributed by atoms with E-state index in [0.29, 0.717) is 23.6 Å². The minimum absolute atomic E-state index is 0.198. The first-order valence-electron chi connectivity index (χ1n) is 6.90. The summed E-state index contributed by atoms with van der Waals surface area (Å²) in [6.07, 6.45) is 1.58. The maximum absolute atomic E-state index is 8.86. The first-order chi connectivity index (χ1) is 9.05. The highest BCUT2D eigenvalue weighted by molar-refractivity contribution is 5.51. The van der Waals surface area contributed by atoms with Crippen LogP contribution in [0.3, 0.4) is 0 Å². The topological polar surface area (TPSA) is 36.3 Å². The molecule has 0 aromatic heterocycles. The molecule has 2 fully saturated rings. The standard InChI is InChI=1S/C16H20N2O/c1-16(2)14(13-8-9-19-15(13)16)18(3)12-6-4-11(10-17)5-7-12/h4-7,13-15H,8-9H2,1-3H3. The van der Waals surface area contributed by atoms with Gasteiger partial charge in [-0.25, -0.2) is 0 Å². The minimum Gasteiger partial charge on any atom is -0.377 e. The van der Waals surface area contributed by atoms with E-state index in [4.69, 9.17) is 10.00 Å². The Hall–Kier alpha value is -1.53. The van der Waals surface area contributed by atoms with Crippen LogP contribution in [-0.2, 0) is 4.74 Å². The third-order valence-corrected chi connectivity index (χ3v) is 4.86. The number of hydrogen-bond donors (Lipinski definition) is 0. The number of fused-ring (bicyclic) bond motifs is 1. The van der Waals surface area contributed by atoms with E-state index in [1.54, 1.807) is 0 Å².